The number of halogens is 6. The first-order chi connectivity index (χ1) is 20.3. The molecule has 1 aliphatic heterocycles. The van der Waals surface area contributed by atoms with E-state index in [9.17, 15) is 51.3 Å². The van der Waals surface area contributed by atoms with Crippen molar-refractivity contribution in [2.45, 2.75) is 83.3 Å². The number of phenolic OH excluding ortho intramolecular Hbond substituents is 2. The lowest BCUT2D eigenvalue weighted by atomic mass is 9.86. The Labute approximate surface area is 250 Å². The molecule has 1 aliphatic rings. The lowest BCUT2D eigenvalue weighted by molar-refractivity contribution is -0.376. The number of carbonyl (C=O) groups is 2. The Kier molecular flexibility index (Phi) is 10.1. The van der Waals surface area contributed by atoms with Gasteiger partial charge in [-0.2, -0.15) is 26.3 Å². The number of imide groups is 1. The van der Waals surface area contributed by atoms with Crippen molar-refractivity contribution in [3.05, 3.63) is 52.6 Å². The molecule has 1 heterocycles. The first kappa shape index (κ1) is 34.8. The normalized spacial score (nSPS) is 17.9. The largest absolute Gasteiger partial charge is 0.504 e. The summed E-state index contributed by atoms with van der Waals surface area (Å²) in [6, 6.07) is 4.47. The number of benzene rings is 2. The van der Waals surface area contributed by atoms with E-state index in [0.29, 0.717) is 18.6 Å². The van der Waals surface area contributed by atoms with Gasteiger partial charge in [-0.05, 0) is 79.5 Å². The number of urea groups is 1. The number of nitrogens with one attached hydrogen (secondary N) is 1. The number of rotatable bonds is 12. The molecule has 0 radical (unpaired) electrons. The summed E-state index contributed by atoms with van der Waals surface area (Å²) in [6.07, 6.45) is -11.0. The van der Waals surface area contributed by atoms with E-state index in [1.54, 1.807) is 20.8 Å². The van der Waals surface area contributed by atoms with Crippen LogP contribution in [0.2, 0.25) is 0 Å². The molecule has 1 fully saturated rings. The average molecular weight is 635 g/mol. The molecular formula is C30H36F6N2O6. The van der Waals surface area contributed by atoms with Crippen LogP contribution in [0.25, 0.3) is 0 Å². The van der Waals surface area contributed by atoms with Gasteiger partial charge in [0.2, 0.25) is 0 Å². The SMILES string of the molecule is CCCc1cc(C(O)(C(F)(F)F)C(F)(F)F)cc(CC(C)C)c1OCCCCN1C(=O)NC(C)(c2ccc(O)c(O)c2)C1=O. The van der Waals surface area contributed by atoms with Crippen molar-refractivity contribution in [2.75, 3.05) is 13.2 Å². The zero-order chi connectivity index (χ0) is 33.3. The third kappa shape index (κ3) is 6.69. The zero-order valence-electron chi connectivity index (χ0n) is 24.7. The molecule has 3 amide bonds. The highest BCUT2D eigenvalue weighted by molar-refractivity contribution is 6.07. The number of aliphatic hydroxyl groups is 1. The average Bonchev–Trinajstić information content (AvgIpc) is 3.12. The van der Waals surface area contributed by atoms with Gasteiger partial charge in [-0.1, -0.05) is 33.3 Å². The molecule has 2 aromatic rings. The van der Waals surface area contributed by atoms with Gasteiger partial charge in [0.1, 0.15) is 11.3 Å². The summed E-state index contributed by atoms with van der Waals surface area (Å²) in [7, 11) is 0. The van der Waals surface area contributed by atoms with Crippen LogP contribution in [0.1, 0.15) is 69.2 Å². The number of carbonyl (C=O) groups excluding carboxylic acids is 2. The van der Waals surface area contributed by atoms with Crippen LogP contribution in [-0.4, -0.2) is 57.7 Å². The fourth-order valence-corrected chi connectivity index (χ4v) is 5.16. The highest BCUT2D eigenvalue weighted by Crippen LogP contribution is 2.51. The number of amides is 3. The molecular weight excluding hydrogens is 598 g/mol. The molecule has 0 bridgehead atoms. The van der Waals surface area contributed by atoms with Gasteiger partial charge in [-0.3, -0.25) is 9.69 Å². The number of nitrogens with zero attached hydrogens (tertiary/aromatic N) is 1. The fraction of sp³-hybridized carbons (Fsp3) is 0.533. The number of alkyl halides is 6. The highest BCUT2D eigenvalue weighted by Gasteiger charge is 2.71. The van der Waals surface area contributed by atoms with Crippen molar-refractivity contribution in [2.24, 2.45) is 5.92 Å². The number of hydrogen-bond donors (Lipinski definition) is 4. The molecule has 1 atom stereocenters. The van der Waals surface area contributed by atoms with Crippen molar-refractivity contribution >= 4 is 11.9 Å². The maximum absolute atomic E-state index is 13.7. The van der Waals surface area contributed by atoms with Crippen molar-refractivity contribution in [1.29, 1.82) is 0 Å². The third-order valence-electron chi connectivity index (χ3n) is 7.48. The molecule has 1 saturated heterocycles. The van der Waals surface area contributed by atoms with Crippen LogP contribution in [0, 0.1) is 5.92 Å². The van der Waals surface area contributed by atoms with Crippen LogP contribution >= 0.6 is 0 Å². The van der Waals surface area contributed by atoms with E-state index in [0.717, 1.165) is 4.90 Å². The van der Waals surface area contributed by atoms with E-state index < -0.39 is 52.5 Å². The summed E-state index contributed by atoms with van der Waals surface area (Å²) < 4.78 is 87.9. The van der Waals surface area contributed by atoms with Crippen LogP contribution in [0.15, 0.2) is 30.3 Å². The van der Waals surface area contributed by atoms with E-state index >= 15 is 0 Å². The van der Waals surface area contributed by atoms with Crippen molar-refractivity contribution in [3.8, 4) is 17.2 Å². The summed E-state index contributed by atoms with van der Waals surface area (Å²) in [5.41, 5.74) is -7.44. The molecule has 2 aromatic carbocycles. The summed E-state index contributed by atoms with van der Waals surface area (Å²) >= 11 is 0. The second kappa shape index (κ2) is 12.7. The fourth-order valence-electron chi connectivity index (χ4n) is 5.16. The summed E-state index contributed by atoms with van der Waals surface area (Å²) in [6.45, 7) is 6.59. The Bertz CT molecular complexity index is 1360. The quantitative estimate of drug-likeness (QED) is 0.0958. The van der Waals surface area contributed by atoms with Gasteiger partial charge in [0.05, 0.1) is 6.61 Å². The van der Waals surface area contributed by atoms with Crippen LogP contribution in [0.3, 0.4) is 0 Å². The molecule has 0 aromatic heterocycles. The second-order valence-electron chi connectivity index (χ2n) is 11.4. The van der Waals surface area contributed by atoms with E-state index in [1.165, 1.54) is 25.1 Å². The van der Waals surface area contributed by atoms with Crippen molar-refractivity contribution in [1.82, 2.24) is 10.2 Å². The molecule has 3 rings (SSSR count). The number of hydrogen-bond acceptors (Lipinski definition) is 6. The monoisotopic (exact) mass is 634 g/mol. The molecule has 244 valence electrons. The number of aryl methyl sites for hydroxylation is 1. The standard InChI is InChI=1S/C30H36F6N2O6/c1-5-8-18-14-21(28(43,29(31,32)33)30(34,35)36)15-19(13-17(2)3)24(18)44-12-7-6-11-38-25(41)27(4,37-26(38)42)20-9-10-22(39)23(40)16-20/h9-10,14-17,39-40,43H,5-8,11-13H2,1-4H3,(H,37,42). The van der Waals surface area contributed by atoms with E-state index in [2.05, 4.69) is 5.32 Å². The molecule has 44 heavy (non-hydrogen) atoms. The van der Waals surface area contributed by atoms with Gasteiger partial charge in [-0.25, -0.2) is 4.79 Å². The third-order valence-corrected chi connectivity index (χ3v) is 7.48. The summed E-state index contributed by atoms with van der Waals surface area (Å²) in [5, 5.41) is 32.0. The van der Waals surface area contributed by atoms with E-state index in [-0.39, 0.29) is 67.2 Å². The van der Waals surface area contributed by atoms with Gasteiger partial charge in [0.25, 0.3) is 11.5 Å². The smallest absolute Gasteiger partial charge is 0.430 e. The maximum Gasteiger partial charge on any atom is 0.430 e. The van der Waals surface area contributed by atoms with Crippen molar-refractivity contribution < 1.29 is 56.0 Å². The molecule has 1 unspecified atom stereocenters. The second-order valence-corrected chi connectivity index (χ2v) is 11.4. The van der Waals surface area contributed by atoms with Gasteiger partial charge in [0.15, 0.2) is 11.5 Å². The van der Waals surface area contributed by atoms with Crippen LogP contribution in [0.5, 0.6) is 17.2 Å². The Morgan fingerprint density at radius 3 is 2.11 bits per heavy atom. The highest BCUT2D eigenvalue weighted by atomic mass is 19.4. The molecule has 4 N–H and O–H groups in total. The van der Waals surface area contributed by atoms with Gasteiger partial charge >= 0.3 is 18.4 Å². The number of phenols is 2. The lowest BCUT2D eigenvalue weighted by Gasteiger charge is -2.34. The van der Waals surface area contributed by atoms with Crippen LogP contribution in [0.4, 0.5) is 31.1 Å². The number of unbranched alkanes of at least 4 members (excludes halogenated alkanes) is 1. The van der Waals surface area contributed by atoms with Gasteiger partial charge < -0.3 is 25.4 Å². The van der Waals surface area contributed by atoms with Gasteiger partial charge in [-0.15, -0.1) is 0 Å². The minimum atomic E-state index is -6.02. The van der Waals surface area contributed by atoms with E-state index in [1.807, 2.05) is 0 Å². The summed E-state index contributed by atoms with van der Waals surface area (Å²) in [5.74, 6) is -1.47. The van der Waals surface area contributed by atoms with Crippen LogP contribution in [-0.2, 0) is 28.8 Å². The van der Waals surface area contributed by atoms with E-state index in [4.69, 9.17) is 4.74 Å². The Morgan fingerprint density at radius 1 is 0.955 bits per heavy atom. The first-order valence-corrected chi connectivity index (χ1v) is 14.1. The molecule has 14 heteroatoms. The molecule has 0 spiro atoms. The maximum atomic E-state index is 13.7. The van der Waals surface area contributed by atoms with Gasteiger partial charge in [0, 0.05) is 12.1 Å². The topological polar surface area (TPSA) is 119 Å². The Morgan fingerprint density at radius 2 is 1.57 bits per heavy atom. The molecule has 8 nitrogen and oxygen atoms in total. The minimum absolute atomic E-state index is 0.0164. The summed E-state index contributed by atoms with van der Waals surface area (Å²) in [4.78, 5) is 26.7. The van der Waals surface area contributed by atoms with Crippen LogP contribution < -0.4 is 10.1 Å². The number of ether oxygens (including phenoxy) is 1. The number of aromatic hydroxyl groups is 2. The predicted octanol–water partition coefficient (Wildman–Crippen LogP) is 6.19. The molecule has 0 saturated carbocycles. The Hall–Kier alpha value is -3.68. The minimum Gasteiger partial charge on any atom is -0.504 e. The zero-order valence-corrected chi connectivity index (χ0v) is 24.7. The lowest BCUT2D eigenvalue weighted by Crippen LogP contribution is -2.54. The predicted molar refractivity (Wildman–Crippen MR) is 147 cm³/mol. The van der Waals surface area contributed by atoms with Crippen molar-refractivity contribution in [3.63, 3.8) is 0 Å². The Balaban J connectivity index is 1.79. The molecule has 0 aliphatic carbocycles. The first-order valence-electron chi connectivity index (χ1n) is 14.1.